The third kappa shape index (κ3) is 4.81. The summed E-state index contributed by atoms with van der Waals surface area (Å²) in [6, 6.07) is 6.29. The molecule has 0 spiro atoms. The van der Waals surface area contributed by atoms with Crippen LogP contribution in [0.3, 0.4) is 0 Å². The Morgan fingerprint density at radius 2 is 1.70 bits per heavy atom. The molecule has 0 aliphatic heterocycles. The minimum absolute atomic E-state index is 0.00825. The Morgan fingerprint density at radius 3 is 2.17 bits per heavy atom. The van der Waals surface area contributed by atoms with Gasteiger partial charge in [-0.25, -0.2) is 4.79 Å². The quantitative estimate of drug-likeness (QED) is 0.622. The van der Waals surface area contributed by atoms with Gasteiger partial charge in [-0.15, -0.1) is 0 Å². The van der Waals surface area contributed by atoms with Gasteiger partial charge in [0, 0.05) is 11.7 Å². The van der Waals surface area contributed by atoms with Gasteiger partial charge in [0.15, 0.2) is 0 Å². The van der Waals surface area contributed by atoms with E-state index >= 15 is 0 Å². The number of ether oxygens (including phenoxy) is 1. The van der Waals surface area contributed by atoms with Crippen LogP contribution in [0.4, 0.5) is 5.69 Å². The number of methoxy groups -OCH3 is 1. The Balaban J connectivity index is 2.77. The lowest BCUT2D eigenvalue weighted by Gasteiger charge is -2.24. The van der Waals surface area contributed by atoms with Crippen LogP contribution >= 0.6 is 0 Å². The van der Waals surface area contributed by atoms with E-state index in [9.17, 15) is 14.4 Å². The normalized spacial score (nSPS) is 12.2. The Labute approximate surface area is 136 Å². The number of carbonyl (C=O) groups excluding carboxylic acids is 3. The highest BCUT2D eigenvalue weighted by Gasteiger charge is 2.36. The Morgan fingerprint density at radius 1 is 1.13 bits per heavy atom. The first-order valence-electron chi connectivity index (χ1n) is 7.53. The Kier molecular flexibility index (Phi) is 6.30. The summed E-state index contributed by atoms with van der Waals surface area (Å²) in [5.74, 6) is -1.18. The van der Waals surface area contributed by atoms with Crippen molar-refractivity contribution in [3.8, 4) is 0 Å². The molecule has 6 nitrogen and oxygen atoms in total. The predicted molar refractivity (Wildman–Crippen MR) is 88.1 cm³/mol. The van der Waals surface area contributed by atoms with Gasteiger partial charge in [0.05, 0.1) is 12.7 Å². The highest BCUT2D eigenvalue weighted by atomic mass is 16.5. The highest BCUT2D eigenvalue weighted by molar-refractivity contribution is 6.10. The number of carbonyl (C=O) groups is 3. The van der Waals surface area contributed by atoms with Gasteiger partial charge in [-0.1, -0.05) is 6.92 Å². The van der Waals surface area contributed by atoms with Crippen LogP contribution in [0, 0.1) is 5.41 Å². The SMILES string of the molecule is CCC(C)NC(=O)C(C)(C)C(=O)Nc1ccc(C(=O)OC)cc1. The Bertz CT molecular complexity index is 579. The summed E-state index contributed by atoms with van der Waals surface area (Å²) in [7, 11) is 1.30. The summed E-state index contributed by atoms with van der Waals surface area (Å²) in [6.07, 6.45) is 0.790. The van der Waals surface area contributed by atoms with Gasteiger partial charge in [-0.2, -0.15) is 0 Å². The van der Waals surface area contributed by atoms with Gasteiger partial charge in [-0.05, 0) is 51.5 Å². The highest BCUT2D eigenvalue weighted by Crippen LogP contribution is 2.20. The van der Waals surface area contributed by atoms with E-state index in [1.807, 2.05) is 13.8 Å². The zero-order valence-corrected chi connectivity index (χ0v) is 14.2. The van der Waals surface area contributed by atoms with Gasteiger partial charge >= 0.3 is 5.97 Å². The molecule has 1 unspecified atom stereocenters. The van der Waals surface area contributed by atoms with E-state index in [1.54, 1.807) is 38.1 Å². The summed E-state index contributed by atoms with van der Waals surface area (Å²) in [4.78, 5) is 35.9. The minimum atomic E-state index is -1.20. The maximum Gasteiger partial charge on any atom is 0.337 e. The third-order valence-electron chi connectivity index (χ3n) is 3.69. The fourth-order valence-electron chi connectivity index (χ4n) is 1.70. The second-order valence-corrected chi connectivity index (χ2v) is 5.93. The van der Waals surface area contributed by atoms with Gasteiger partial charge in [0.25, 0.3) is 0 Å². The summed E-state index contributed by atoms with van der Waals surface area (Å²) in [5.41, 5.74) is -0.309. The minimum Gasteiger partial charge on any atom is -0.465 e. The molecule has 23 heavy (non-hydrogen) atoms. The van der Waals surface area contributed by atoms with Crippen LogP contribution in [0.1, 0.15) is 44.5 Å². The molecule has 1 aromatic rings. The van der Waals surface area contributed by atoms with E-state index in [4.69, 9.17) is 0 Å². The van der Waals surface area contributed by atoms with Crippen molar-refractivity contribution in [2.75, 3.05) is 12.4 Å². The number of hydrogen-bond donors (Lipinski definition) is 2. The van der Waals surface area contributed by atoms with E-state index in [1.165, 1.54) is 7.11 Å². The zero-order valence-electron chi connectivity index (χ0n) is 14.2. The number of benzene rings is 1. The fourth-order valence-corrected chi connectivity index (χ4v) is 1.70. The van der Waals surface area contributed by atoms with Crippen molar-refractivity contribution in [3.63, 3.8) is 0 Å². The lowest BCUT2D eigenvalue weighted by Crippen LogP contribution is -2.47. The summed E-state index contributed by atoms with van der Waals surface area (Å²) >= 11 is 0. The topological polar surface area (TPSA) is 84.5 Å². The van der Waals surface area contributed by atoms with Gasteiger partial charge in [-0.3, -0.25) is 9.59 Å². The van der Waals surface area contributed by atoms with Crippen LogP contribution in [0.5, 0.6) is 0 Å². The maximum absolute atomic E-state index is 12.4. The summed E-state index contributed by atoms with van der Waals surface area (Å²) < 4.78 is 4.61. The molecule has 0 fully saturated rings. The van der Waals surface area contributed by atoms with Crippen molar-refractivity contribution >= 4 is 23.5 Å². The third-order valence-corrected chi connectivity index (χ3v) is 3.69. The van der Waals surface area contributed by atoms with E-state index in [0.717, 1.165) is 6.42 Å². The molecule has 0 saturated heterocycles. The van der Waals surface area contributed by atoms with Crippen LogP contribution < -0.4 is 10.6 Å². The predicted octanol–water partition coefficient (Wildman–Crippen LogP) is 2.35. The van der Waals surface area contributed by atoms with E-state index in [2.05, 4.69) is 15.4 Å². The molecule has 6 heteroatoms. The van der Waals surface area contributed by atoms with Crippen LogP contribution in [-0.2, 0) is 14.3 Å². The van der Waals surface area contributed by atoms with E-state index in [-0.39, 0.29) is 11.9 Å². The molecule has 126 valence electrons. The van der Waals surface area contributed by atoms with Crippen LogP contribution in [0.2, 0.25) is 0 Å². The molecule has 2 N–H and O–H groups in total. The zero-order chi connectivity index (χ0) is 17.6. The average Bonchev–Trinajstić information content (AvgIpc) is 2.54. The second kappa shape index (κ2) is 7.76. The molecule has 1 aromatic carbocycles. The molecule has 1 rings (SSSR count). The number of hydrogen-bond acceptors (Lipinski definition) is 4. The molecule has 0 aliphatic rings. The standard InChI is InChI=1S/C17H24N2O4/c1-6-11(2)18-15(21)17(3,4)16(22)19-13-9-7-12(8-10-13)14(20)23-5/h7-11H,6H2,1-5H3,(H,18,21)(H,19,22). The molecule has 0 aromatic heterocycles. The molecule has 0 radical (unpaired) electrons. The van der Waals surface area contributed by atoms with Crippen LogP contribution in [0.25, 0.3) is 0 Å². The van der Waals surface area contributed by atoms with E-state index in [0.29, 0.717) is 11.3 Å². The average molecular weight is 320 g/mol. The second-order valence-electron chi connectivity index (χ2n) is 5.93. The Hall–Kier alpha value is -2.37. The van der Waals surface area contributed by atoms with E-state index < -0.39 is 17.3 Å². The lowest BCUT2D eigenvalue weighted by molar-refractivity contribution is -0.138. The molecular formula is C17H24N2O4. The number of anilines is 1. The molecule has 0 bridgehead atoms. The van der Waals surface area contributed by atoms with Crippen molar-refractivity contribution in [1.82, 2.24) is 5.32 Å². The van der Waals surface area contributed by atoms with Crippen molar-refractivity contribution < 1.29 is 19.1 Å². The fraction of sp³-hybridized carbons (Fsp3) is 0.471. The first-order chi connectivity index (χ1) is 10.7. The molecule has 2 amide bonds. The van der Waals surface area contributed by atoms with Crippen molar-refractivity contribution in [3.05, 3.63) is 29.8 Å². The number of nitrogens with one attached hydrogen (secondary N) is 2. The van der Waals surface area contributed by atoms with Crippen molar-refractivity contribution in [2.45, 2.75) is 40.2 Å². The largest absolute Gasteiger partial charge is 0.465 e. The van der Waals surface area contributed by atoms with Gasteiger partial charge < -0.3 is 15.4 Å². The molecule has 0 heterocycles. The van der Waals surface area contributed by atoms with Crippen LogP contribution in [-0.4, -0.2) is 30.9 Å². The molecule has 0 saturated carbocycles. The monoisotopic (exact) mass is 320 g/mol. The summed E-state index contributed by atoms with van der Waals surface area (Å²) in [5, 5.41) is 5.49. The first-order valence-corrected chi connectivity index (χ1v) is 7.53. The number of esters is 1. The lowest BCUT2D eigenvalue weighted by atomic mass is 9.90. The molecular weight excluding hydrogens is 296 g/mol. The maximum atomic E-state index is 12.4. The molecule has 1 atom stereocenters. The van der Waals surface area contributed by atoms with Crippen LogP contribution in [0.15, 0.2) is 24.3 Å². The summed E-state index contributed by atoms with van der Waals surface area (Å²) in [6.45, 7) is 6.99. The van der Waals surface area contributed by atoms with Gasteiger partial charge in [0.1, 0.15) is 5.41 Å². The molecule has 0 aliphatic carbocycles. The number of rotatable bonds is 6. The first kappa shape index (κ1) is 18.7. The smallest absolute Gasteiger partial charge is 0.337 e. The van der Waals surface area contributed by atoms with Crippen molar-refractivity contribution in [2.24, 2.45) is 5.41 Å². The van der Waals surface area contributed by atoms with Crippen molar-refractivity contribution in [1.29, 1.82) is 0 Å². The number of amides is 2. The van der Waals surface area contributed by atoms with Gasteiger partial charge in [0.2, 0.25) is 11.8 Å².